The van der Waals surface area contributed by atoms with Crippen LogP contribution in [-0.4, -0.2) is 0 Å². The largest absolute Gasteiger partial charge is 0.456 e. The number of hydrogen-bond donors (Lipinski definition) is 0. The van der Waals surface area contributed by atoms with Gasteiger partial charge in [-0.15, -0.1) is 0 Å². The van der Waals surface area contributed by atoms with Crippen LogP contribution in [0.25, 0.3) is 23.1 Å². The summed E-state index contributed by atoms with van der Waals surface area (Å²) in [5.74, 6) is 0. The maximum atomic E-state index is 5.71. The third-order valence-corrected chi connectivity index (χ3v) is 2.33. The molecule has 2 rings (SSSR count). The molecule has 0 N–H and O–H groups in total. The molecule has 0 spiro atoms. The van der Waals surface area contributed by atoms with Crippen LogP contribution in [-0.2, 0) is 0 Å². The van der Waals surface area contributed by atoms with E-state index in [1.54, 1.807) is 0 Å². The molecular weight excluding hydrogens is 172 g/mol. The maximum Gasteiger partial charge on any atom is 0.135 e. The molecule has 1 heterocycles. The van der Waals surface area contributed by atoms with Gasteiger partial charge in [-0.1, -0.05) is 31.2 Å². The van der Waals surface area contributed by atoms with Crippen molar-refractivity contribution in [1.82, 2.24) is 0 Å². The second-order valence-corrected chi connectivity index (χ2v) is 3.28. The van der Waals surface area contributed by atoms with Crippen molar-refractivity contribution in [3.05, 3.63) is 34.9 Å². The van der Waals surface area contributed by atoms with E-state index in [1.165, 1.54) is 10.6 Å². The van der Waals surface area contributed by atoms with E-state index in [9.17, 15) is 0 Å². The van der Waals surface area contributed by atoms with Crippen molar-refractivity contribution < 1.29 is 4.42 Å². The summed E-state index contributed by atoms with van der Waals surface area (Å²) in [6.07, 6.45) is 5.26. The molecule has 0 saturated carbocycles. The predicted molar refractivity (Wildman–Crippen MR) is 60.4 cm³/mol. The van der Waals surface area contributed by atoms with Crippen molar-refractivity contribution in [2.45, 2.75) is 20.3 Å². The topological polar surface area (TPSA) is 13.1 Å². The van der Waals surface area contributed by atoms with Gasteiger partial charge in [0.1, 0.15) is 11.0 Å². The van der Waals surface area contributed by atoms with Crippen molar-refractivity contribution in [2.24, 2.45) is 0 Å². The van der Waals surface area contributed by atoms with Gasteiger partial charge >= 0.3 is 0 Å². The molecule has 0 bridgehead atoms. The molecule has 2 aromatic rings. The van der Waals surface area contributed by atoms with Crippen LogP contribution in [0.3, 0.4) is 0 Å². The van der Waals surface area contributed by atoms with Crippen molar-refractivity contribution in [3.8, 4) is 0 Å². The van der Waals surface area contributed by atoms with Crippen LogP contribution in [0.4, 0.5) is 0 Å². The average Bonchev–Trinajstić information content (AvgIpc) is 2.58. The van der Waals surface area contributed by atoms with E-state index in [-0.39, 0.29) is 0 Å². The first-order valence-corrected chi connectivity index (χ1v) is 5.01. The smallest absolute Gasteiger partial charge is 0.135 e. The van der Waals surface area contributed by atoms with Crippen LogP contribution in [0.2, 0.25) is 0 Å². The summed E-state index contributed by atoms with van der Waals surface area (Å²) in [4.78, 5) is 0. The van der Waals surface area contributed by atoms with E-state index in [4.69, 9.17) is 4.42 Å². The molecule has 1 aromatic heterocycles. The van der Waals surface area contributed by atoms with E-state index >= 15 is 0 Å². The molecule has 0 amide bonds. The monoisotopic (exact) mass is 186 g/mol. The zero-order valence-corrected chi connectivity index (χ0v) is 8.58. The quantitative estimate of drug-likeness (QED) is 0.666. The lowest BCUT2D eigenvalue weighted by molar-refractivity contribution is 0.575. The fraction of sp³-hybridized carbons (Fsp3) is 0.231. The molecule has 0 aliphatic rings. The Morgan fingerprint density at radius 3 is 2.79 bits per heavy atom. The Morgan fingerprint density at radius 1 is 1.29 bits per heavy atom. The third-order valence-electron chi connectivity index (χ3n) is 2.33. The fourth-order valence-corrected chi connectivity index (χ4v) is 1.71. The summed E-state index contributed by atoms with van der Waals surface area (Å²) in [6.45, 7) is 4.14. The summed E-state index contributed by atoms with van der Waals surface area (Å²) >= 11 is 0. The zero-order chi connectivity index (χ0) is 9.97. The molecule has 0 saturated heterocycles. The van der Waals surface area contributed by atoms with Gasteiger partial charge in [0.2, 0.25) is 0 Å². The normalized spacial score (nSPS) is 14.1. The van der Waals surface area contributed by atoms with Crippen LogP contribution in [0.1, 0.15) is 20.3 Å². The Balaban J connectivity index is 2.96. The number of fused-ring (bicyclic) bond motifs is 1. The minimum atomic E-state index is 0.973. The maximum absolute atomic E-state index is 5.71. The molecular formula is C13H14O. The van der Waals surface area contributed by atoms with Gasteiger partial charge in [-0.25, -0.2) is 0 Å². The Kier molecular flexibility index (Phi) is 2.40. The summed E-state index contributed by atoms with van der Waals surface area (Å²) in [7, 11) is 0. The zero-order valence-electron chi connectivity index (χ0n) is 8.58. The predicted octanol–water partition coefficient (Wildman–Crippen LogP) is 2.42. The van der Waals surface area contributed by atoms with Gasteiger partial charge < -0.3 is 4.42 Å². The fourth-order valence-electron chi connectivity index (χ4n) is 1.71. The Morgan fingerprint density at radius 2 is 2.07 bits per heavy atom. The van der Waals surface area contributed by atoms with E-state index in [0.717, 1.165) is 17.4 Å². The summed E-state index contributed by atoms with van der Waals surface area (Å²) in [5, 5.41) is 2.44. The third kappa shape index (κ3) is 1.35. The molecule has 0 fully saturated rings. The van der Waals surface area contributed by atoms with Gasteiger partial charge in [0.05, 0.1) is 0 Å². The molecule has 14 heavy (non-hydrogen) atoms. The molecule has 0 atom stereocenters. The van der Waals surface area contributed by atoms with E-state index in [0.29, 0.717) is 0 Å². The van der Waals surface area contributed by atoms with Crippen molar-refractivity contribution in [3.63, 3.8) is 0 Å². The highest BCUT2D eigenvalue weighted by molar-refractivity contribution is 5.78. The molecule has 0 aliphatic carbocycles. The number of benzene rings is 1. The summed E-state index contributed by atoms with van der Waals surface area (Å²) in [5.41, 5.74) is 1.95. The van der Waals surface area contributed by atoms with Gasteiger partial charge in [0, 0.05) is 10.6 Å². The first-order valence-electron chi connectivity index (χ1n) is 5.01. The van der Waals surface area contributed by atoms with Gasteiger partial charge in [0.15, 0.2) is 0 Å². The highest BCUT2D eigenvalue weighted by atomic mass is 16.3. The highest BCUT2D eigenvalue weighted by Gasteiger charge is 1.99. The van der Waals surface area contributed by atoms with Gasteiger partial charge in [-0.05, 0) is 25.5 Å². The number of furan rings is 1. The van der Waals surface area contributed by atoms with E-state index in [1.807, 2.05) is 31.2 Å². The van der Waals surface area contributed by atoms with Gasteiger partial charge in [-0.3, -0.25) is 0 Å². The SMILES string of the molecule is C/C=c1/oc2ccccc2/c1=C/CC. The average molecular weight is 186 g/mol. The Labute approximate surface area is 83.4 Å². The second kappa shape index (κ2) is 3.70. The van der Waals surface area contributed by atoms with Crippen molar-refractivity contribution in [2.75, 3.05) is 0 Å². The molecule has 0 aliphatic heterocycles. The van der Waals surface area contributed by atoms with E-state index < -0.39 is 0 Å². The molecule has 1 nitrogen and oxygen atoms in total. The summed E-state index contributed by atoms with van der Waals surface area (Å²) in [6, 6.07) is 8.16. The number of para-hydroxylation sites is 1. The Bertz CT molecular complexity index is 546. The summed E-state index contributed by atoms with van der Waals surface area (Å²) < 4.78 is 5.71. The van der Waals surface area contributed by atoms with Gasteiger partial charge in [-0.2, -0.15) is 0 Å². The highest BCUT2D eigenvalue weighted by Crippen LogP contribution is 2.06. The van der Waals surface area contributed by atoms with Crippen LogP contribution in [0, 0.1) is 0 Å². The standard InChI is InChI=1S/C13H14O/c1-3-7-10-11-8-5-6-9-13(11)14-12(10)4-2/h4-9H,3H2,1-2H3/b10-7-,12-4+. The molecule has 1 aromatic carbocycles. The van der Waals surface area contributed by atoms with Crippen molar-refractivity contribution in [1.29, 1.82) is 0 Å². The lowest BCUT2D eigenvalue weighted by atomic mass is 10.2. The lowest BCUT2D eigenvalue weighted by Crippen LogP contribution is -2.19. The van der Waals surface area contributed by atoms with Gasteiger partial charge in [0.25, 0.3) is 0 Å². The molecule has 0 radical (unpaired) electrons. The van der Waals surface area contributed by atoms with E-state index in [2.05, 4.69) is 19.1 Å². The van der Waals surface area contributed by atoms with Crippen LogP contribution in [0.15, 0.2) is 28.7 Å². The minimum absolute atomic E-state index is 0.973. The molecule has 72 valence electrons. The van der Waals surface area contributed by atoms with Crippen LogP contribution >= 0.6 is 0 Å². The second-order valence-electron chi connectivity index (χ2n) is 3.28. The first-order chi connectivity index (χ1) is 6.86. The minimum Gasteiger partial charge on any atom is -0.456 e. The molecule has 1 heteroatoms. The molecule has 0 unspecified atom stereocenters. The number of rotatable bonds is 1. The van der Waals surface area contributed by atoms with Crippen LogP contribution < -0.4 is 10.6 Å². The Hall–Kier alpha value is -1.50. The lowest BCUT2D eigenvalue weighted by Gasteiger charge is -1.83. The first kappa shape index (κ1) is 9.07. The van der Waals surface area contributed by atoms with Crippen LogP contribution in [0.5, 0.6) is 0 Å². The van der Waals surface area contributed by atoms with Crippen molar-refractivity contribution >= 4 is 23.1 Å². The number of hydrogen-bond acceptors (Lipinski definition) is 1.